The normalized spacial score (nSPS) is 10.2. The summed E-state index contributed by atoms with van der Waals surface area (Å²) in [6.45, 7) is 0. The Hall–Kier alpha value is -3.63. The number of nitriles is 3. The molecule has 7 nitrogen and oxygen atoms in total. The molecule has 1 aromatic heterocycles. The first-order valence-electron chi connectivity index (χ1n) is 5.48. The van der Waals surface area contributed by atoms with Gasteiger partial charge in [0.1, 0.15) is 18.2 Å². The van der Waals surface area contributed by atoms with Crippen molar-refractivity contribution in [3.8, 4) is 18.2 Å². The van der Waals surface area contributed by atoms with Crippen LogP contribution in [0.3, 0.4) is 0 Å². The van der Waals surface area contributed by atoms with Gasteiger partial charge >= 0.3 is 0 Å². The van der Waals surface area contributed by atoms with Crippen LogP contribution in [0.2, 0.25) is 0 Å². The number of para-hydroxylation sites is 1. The predicted octanol–water partition coefficient (Wildman–Crippen LogP) is 1.49. The minimum Gasteiger partial charge on any atom is -0.327 e. The molecule has 2 N–H and O–H groups in total. The number of anilines is 1. The topological polar surface area (TPSA) is 124 Å². The molecule has 0 bridgehead atoms. The summed E-state index contributed by atoms with van der Waals surface area (Å²) in [5.74, 6) is 0.0732. The molecule has 1 heterocycles. The molecule has 0 amide bonds. The van der Waals surface area contributed by atoms with Crippen LogP contribution >= 0.6 is 0 Å². The molecular weight excluding hydrogens is 254 g/mol. The van der Waals surface area contributed by atoms with E-state index in [1.54, 1.807) is 24.3 Å². The maximum atomic E-state index is 9.06. The van der Waals surface area contributed by atoms with Crippen LogP contribution in [0.1, 0.15) is 17.2 Å². The fourth-order valence-corrected chi connectivity index (χ4v) is 1.41. The Balaban J connectivity index is 2.30. The van der Waals surface area contributed by atoms with Gasteiger partial charge in [-0.25, -0.2) is 4.98 Å². The summed E-state index contributed by atoms with van der Waals surface area (Å²) < 4.78 is 0. The van der Waals surface area contributed by atoms with Crippen molar-refractivity contribution in [3.63, 3.8) is 0 Å². The molecule has 94 valence electrons. The van der Waals surface area contributed by atoms with Crippen LogP contribution in [-0.4, -0.2) is 15.7 Å². The molecule has 0 saturated heterocycles. The van der Waals surface area contributed by atoms with Gasteiger partial charge in [0, 0.05) is 0 Å². The average Bonchev–Trinajstić information content (AvgIpc) is 2.92. The molecule has 0 unspecified atom stereocenters. The van der Waals surface area contributed by atoms with Gasteiger partial charge in [-0.05, 0) is 12.1 Å². The highest BCUT2D eigenvalue weighted by atomic mass is 15.3. The molecule has 20 heavy (non-hydrogen) atoms. The van der Waals surface area contributed by atoms with Crippen molar-refractivity contribution < 1.29 is 0 Å². The van der Waals surface area contributed by atoms with E-state index in [-0.39, 0.29) is 22.9 Å². The van der Waals surface area contributed by atoms with Crippen LogP contribution in [0, 0.1) is 34.0 Å². The first-order chi connectivity index (χ1) is 9.78. The highest BCUT2D eigenvalue weighted by Gasteiger charge is 2.13. The van der Waals surface area contributed by atoms with Crippen molar-refractivity contribution in [2.75, 3.05) is 5.43 Å². The zero-order chi connectivity index (χ0) is 14.4. The first-order valence-corrected chi connectivity index (χ1v) is 5.48. The molecule has 2 rings (SSSR count). The molecule has 1 aromatic carbocycles. The van der Waals surface area contributed by atoms with Gasteiger partial charge in [-0.3, -0.25) is 5.43 Å². The second-order valence-corrected chi connectivity index (χ2v) is 3.58. The average molecular weight is 261 g/mol. The van der Waals surface area contributed by atoms with Crippen LogP contribution in [0.15, 0.2) is 35.4 Å². The molecule has 0 aliphatic heterocycles. The lowest BCUT2D eigenvalue weighted by Crippen LogP contribution is -2.04. The number of nitrogens with one attached hydrogen (secondary N) is 2. The number of aromatic nitrogens is 2. The van der Waals surface area contributed by atoms with Gasteiger partial charge < -0.3 is 4.98 Å². The molecule has 0 atom stereocenters. The summed E-state index contributed by atoms with van der Waals surface area (Å²) in [5, 5.41) is 30.6. The predicted molar refractivity (Wildman–Crippen MR) is 70.2 cm³/mol. The third-order valence-corrected chi connectivity index (χ3v) is 2.32. The number of nitrogens with zero attached hydrogens (tertiary/aromatic N) is 5. The van der Waals surface area contributed by atoms with Gasteiger partial charge in [-0.15, -0.1) is 0 Å². The van der Waals surface area contributed by atoms with Crippen LogP contribution in [0.5, 0.6) is 0 Å². The Labute approximate surface area is 114 Å². The van der Waals surface area contributed by atoms with Crippen molar-refractivity contribution in [1.29, 1.82) is 15.8 Å². The third-order valence-electron chi connectivity index (χ3n) is 2.32. The maximum Gasteiger partial charge on any atom is 0.203 e. The Kier molecular flexibility index (Phi) is 3.72. The van der Waals surface area contributed by atoms with Gasteiger partial charge in [0.2, 0.25) is 5.71 Å². The largest absolute Gasteiger partial charge is 0.327 e. The zero-order valence-corrected chi connectivity index (χ0v) is 10.1. The molecule has 0 radical (unpaired) electrons. The van der Waals surface area contributed by atoms with Crippen molar-refractivity contribution >= 4 is 11.4 Å². The van der Waals surface area contributed by atoms with Gasteiger partial charge in [0.05, 0.1) is 5.69 Å². The standard InChI is InChI=1S/C13H7N7/c14-6-10-11(7-15)18-13(17-10)12(8-16)20-19-9-4-2-1-3-5-9/h1-5,19H,(H,17,18)/b20-12+. The smallest absolute Gasteiger partial charge is 0.203 e. The van der Waals surface area contributed by atoms with E-state index >= 15 is 0 Å². The van der Waals surface area contributed by atoms with E-state index < -0.39 is 0 Å². The number of hydrazone groups is 1. The molecule has 0 aliphatic carbocycles. The summed E-state index contributed by atoms with van der Waals surface area (Å²) in [5.41, 5.74) is 3.29. The van der Waals surface area contributed by atoms with E-state index in [0.29, 0.717) is 5.69 Å². The summed E-state index contributed by atoms with van der Waals surface area (Å²) in [6.07, 6.45) is 0. The molecule has 0 aliphatic rings. The molecule has 0 saturated carbocycles. The number of hydrogen-bond acceptors (Lipinski definition) is 6. The number of imidazole rings is 1. The highest BCUT2D eigenvalue weighted by molar-refractivity contribution is 6.09. The van der Waals surface area contributed by atoms with E-state index in [2.05, 4.69) is 20.5 Å². The van der Waals surface area contributed by atoms with Crippen LogP contribution in [0.25, 0.3) is 0 Å². The maximum absolute atomic E-state index is 9.06. The lowest BCUT2D eigenvalue weighted by atomic mass is 10.3. The molecule has 7 heteroatoms. The third kappa shape index (κ3) is 2.61. The number of hydrogen-bond donors (Lipinski definition) is 2. The Morgan fingerprint density at radius 1 is 1.15 bits per heavy atom. The highest BCUT2D eigenvalue weighted by Crippen LogP contribution is 2.07. The first kappa shape index (κ1) is 12.8. The van der Waals surface area contributed by atoms with Crippen LogP contribution < -0.4 is 5.43 Å². The quantitative estimate of drug-likeness (QED) is 0.639. The molecule has 2 aromatic rings. The summed E-state index contributed by atoms with van der Waals surface area (Å²) in [4.78, 5) is 6.43. The van der Waals surface area contributed by atoms with E-state index in [1.807, 2.05) is 24.3 Å². The van der Waals surface area contributed by atoms with Gasteiger partial charge in [-0.1, -0.05) is 18.2 Å². The minimum absolute atomic E-state index is 0.00478. The Bertz CT molecular complexity index is 734. The summed E-state index contributed by atoms with van der Waals surface area (Å²) in [7, 11) is 0. The number of rotatable bonds is 3. The number of aromatic amines is 1. The lowest BCUT2D eigenvalue weighted by molar-refractivity contribution is 1.22. The van der Waals surface area contributed by atoms with E-state index in [1.165, 1.54) is 0 Å². The van der Waals surface area contributed by atoms with Crippen molar-refractivity contribution in [3.05, 3.63) is 47.5 Å². The molecular formula is C13H7N7. The van der Waals surface area contributed by atoms with Gasteiger partial charge in [0.15, 0.2) is 17.2 Å². The fourth-order valence-electron chi connectivity index (χ4n) is 1.41. The van der Waals surface area contributed by atoms with E-state index in [0.717, 1.165) is 0 Å². The van der Waals surface area contributed by atoms with Crippen molar-refractivity contribution in [2.45, 2.75) is 0 Å². The van der Waals surface area contributed by atoms with Crippen LogP contribution in [0.4, 0.5) is 5.69 Å². The second kappa shape index (κ2) is 5.81. The van der Waals surface area contributed by atoms with Crippen molar-refractivity contribution in [2.24, 2.45) is 5.10 Å². The van der Waals surface area contributed by atoms with E-state index in [4.69, 9.17) is 15.8 Å². The monoisotopic (exact) mass is 261 g/mol. The zero-order valence-electron chi connectivity index (χ0n) is 10.1. The minimum atomic E-state index is -0.0647. The fraction of sp³-hybridized carbons (Fsp3) is 0. The van der Waals surface area contributed by atoms with Crippen LogP contribution in [-0.2, 0) is 0 Å². The Morgan fingerprint density at radius 3 is 2.45 bits per heavy atom. The number of H-pyrrole nitrogens is 1. The number of benzene rings is 1. The van der Waals surface area contributed by atoms with E-state index in [9.17, 15) is 0 Å². The SMILES string of the molecule is N#C/C(=N\Nc1ccccc1)c1nc(C#N)c(C#N)[nH]1. The summed E-state index contributed by atoms with van der Waals surface area (Å²) in [6, 6.07) is 14.5. The van der Waals surface area contributed by atoms with Gasteiger partial charge in [-0.2, -0.15) is 20.9 Å². The molecule has 0 fully saturated rings. The molecule has 0 spiro atoms. The summed E-state index contributed by atoms with van der Waals surface area (Å²) >= 11 is 0. The lowest BCUT2D eigenvalue weighted by Gasteiger charge is -1.99. The van der Waals surface area contributed by atoms with Crippen molar-refractivity contribution in [1.82, 2.24) is 9.97 Å². The second-order valence-electron chi connectivity index (χ2n) is 3.58. The Morgan fingerprint density at radius 2 is 1.90 bits per heavy atom. The van der Waals surface area contributed by atoms with Gasteiger partial charge in [0.25, 0.3) is 0 Å².